The maximum atomic E-state index is 12.7. The van der Waals surface area contributed by atoms with Gasteiger partial charge in [-0.2, -0.15) is 0 Å². The van der Waals surface area contributed by atoms with Crippen LogP contribution < -0.4 is 5.32 Å². The molecule has 2 aromatic rings. The van der Waals surface area contributed by atoms with Gasteiger partial charge in [-0.1, -0.05) is 18.2 Å². The van der Waals surface area contributed by atoms with Gasteiger partial charge >= 0.3 is 0 Å². The van der Waals surface area contributed by atoms with Gasteiger partial charge in [0.15, 0.2) is 0 Å². The van der Waals surface area contributed by atoms with Gasteiger partial charge in [0, 0.05) is 37.5 Å². The van der Waals surface area contributed by atoms with Crippen molar-refractivity contribution < 1.29 is 14.4 Å². The molecule has 0 aliphatic carbocycles. The minimum absolute atomic E-state index is 0.0240. The van der Waals surface area contributed by atoms with Gasteiger partial charge in [-0.15, -0.1) is 23.1 Å². The first kappa shape index (κ1) is 18.1. The number of carbonyl (C=O) groups excluding carboxylic acids is 3. The van der Waals surface area contributed by atoms with Crippen LogP contribution in [0.4, 0.5) is 5.69 Å². The van der Waals surface area contributed by atoms with Crippen molar-refractivity contribution in [2.75, 3.05) is 31.5 Å². The Labute approximate surface area is 165 Å². The van der Waals surface area contributed by atoms with E-state index in [0.717, 1.165) is 15.5 Å². The lowest BCUT2D eigenvalue weighted by Gasteiger charge is -2.35. The molecule has 2 aliphatic rings. The molecule has 1 N–H and O–H groups in total. The number of benzene rings is 1. The van der Waals surface area contributed by atoms with Gasteiger partial charge in [0.2, 0.25) is 11.8 Å². The highest BCUT2D eigenvalue weighted by molar-refractivity contribution is 8.01. The maximum absolute atomic E-state index is 12.7. The van der Waals surface area contributed by atoms with Crippen molar-refractivity contribution >= 4 is 46.5 Å². The summed E-state index contributed by atoms with van der Waals surface area (Å²) in [6.07, 6.45) is 0.170. The normalized spacial score (nSPS) is 19.4. The molecule has 3 heterocycles. The summed E-state index contributed by atoms with van der Waals surface area (Å²) in [5, 5.41) is 4.34. The third kappa shape index (κ3) is 3.86. The number of carbonyl (C=O) groups is 3. The van der Waals surface area contributed by atoms with Crippen molar-refractivity contribution in [1.82, 2.24) is 9.80 Å². The molecular weight excluding hydrogens is 382 g/mol. The highest BCUT2D eigenvalue weighted by Gasteiger charge is 2.32. The number of hydrogen-bond donors (Lipinski definition) is 1. The van der Waals surface area contributed by atoms with Gasteiger partial charge < -0.3 is 15.1 Å². The smallest absolute Gasteiger partial charge is 0.264 e. The molecule has 6 nitrogen and oxygen atoms in total. The number of anilines is 1. The van der Waals surface area contributed by atoms with Crippen LogP contribution in [0, 0.1) is 0 Å². The number of nitrogens with zero attached hydrogens (tertiary/aromatic N) is 2. The van der Waals surface area contributed by atoms with Crippen LogP contribution in [0.15, 0.2) is 46.7 Å². The lowest BCUT2D eigenvalue weighted by molar-refractivity contribution is -0.134. The predicted molar refractivity (Wildman–Crippen MR) is 106 cm³/mol. The molecule has 1 aromatic heterocycles. The van der Waals surface area contributed by atoms with Crippen LogP contribution in [0.25, 0.3) is 0 Å². The van der Waals surface area contributed by atoms with Gasteiger partial charge in [-0.3, -0.25) is 14.4 Å². The molecule has 0 unspecified atom stereocenters. The Morgan fingerprint density at radius 3 is 2.52 bits per heavy atom. The van der Waals surface area contributed by atoms with Crippen LogP contribution in [-0.4, -0.2) is 59.0 Å². The van der Waals surface area contributed by atoms with E-state index in [1.54, 1.807) is 9.80 Å². The number of hydrogen-bond acceptors (Lipinski definition) is 5. The SMILES string of the molecule is O=C1Nc2ccccc2S[C@H]1CC(=O)N1CCN(C(=O)c2cccs2)CC1. The quantitative estimate of drug-likeness (QED) is 0.858. The van der Waals surface area contributed by atoms with Gasteiger partial charge in [0.1, 0.15) is 0 Å². The maximum Gasteiger partial charge on any atom is 0.264 e. The van der Waals surface area contributed by atoms with Crippen molar-refractivity contribution in [1.29, 1.82) is 0 Å². The Bertz CT molecular complexity index is 861. The summed E-state index contributed by atoms with van der Waals surface area (Å²) in [7, 11) is 0. The zero-order chi connectivity index (χ0) is 18.8. The largest absolute Gasteiger partial charge is 0.339 e. The van der Waals surface area contributed by atoms with Crippen LogP contribution >= 0.6 is 23.1 Å². The zero-order valence-electron chi connectivity index (χ0n) is 14.6. The van der Waals surface area contributed by atoms with Gasteiger partial charge in [0.25, 0.3) is 5.91 Å². The Morgan fingerprint density at radius 2 is 1.78 bits per heavy atom. The molecule has 3 amide bonds. The number of fused-ring (bicyclic) bond motifs is 1. The van der Waals surface area contributed by atoms with Crippen molar-refractivity contribution in [3.05, 3.63) is 46.7 Å². The van der Waals surface area contributed by atoms with E-state index in [4.69, 9.17) is 0 Å². The predicted octanol–water partition coefficient (Wildman–Crippen LogP) is 2.54. The molecule has 0 spiro atoms. The van der Waals surface area contributed by atoms with E-state index in [1.165, 1.54) is 23.1 Å². The Kier molecular flexibility index (Phi) is 5.18. The van der Waals surface area contributed by atoms with Crippen LogP contribution in [0.5, 0.6) is 0 Å². The van der Waals surface area contributed by atoms with Gasteiger partial charge in [0.05, 0.1) is 15.8 Å². The second-order valence-corrected chi connectivity index (χ2v) is 8.64. The highest BCUT2D eigenvalue weighted by Crippen LogP contribution is 2.36. The first-order chi connectivity index (χ1) is 13.1. The molecule has 0 saturated carbocycles. The number of piperazine rings is 1. The summed E-state index contributed by atoms with van der Waals surface area (Å²) in [5.74, 6) is -0.139. The van der Waals surface area contributed by atoms with E-state index in [2.05, 4.69) is 5.32 Å². The summed E-state index contributed by atoms with van der Waals surface area (Å²) in [6, 6.07) is 11.3. The average molecular weight is 402 g/mol. The molecule has 2 aliphatic heterocycles. The fraction of sp³-hybridized carbons (Fsp3) is 0.316. The first-order valence-electron chi connectivity index (χ1n) is 8.79. The number of amides is 3. The lowest BCUT2D eigenvalue weighted by atomic mass is 10.2. The van der Waals surface area contributed by atoms with Crippen LogP contribution in [0.1, 0.15) is 16.1 Å². The van der Waals surface area contributed by atoms with E-state index < -0.39 is 5.25 Å². The zero-order valence-corrected chi connectivity index (χ0v) is 16.2. The molecule has 1 saturated heterocycles. The minimum atomic E-state index is -0.418. The monoisotopic (exact) mass is 401 g/mol. The Morgan fingerprint density at radius 1 is 1.04 bits per heavy atom. The molecule has 140 valence electrons. The van der Waals surface area contributed by atoms with E-state index in [9.17, 15) is 14.4 Å². The number of nitrogens with one attached hydrogen (secondary N) is 1. The molecule has 1 atom stereocenters. The van der Waals surface area contributed by atoms with Crippen molar-refractivity contribution in [2.24, 2.45) is 0 Å². The summed E-state index contributed by atoms with van der Waals surface area (Å²) >= 11 is 2.87. The van der Waals surface area contributed by atoms with E-state index in [-0.39, 0.29) is 24.1 Å². The molecule has 4 rings (SSSR count). The number of thioether (sulfide) groups is 1. The number of para-hydroxylation sites is 1. The second-order valence-electron chi connectivity index (χ2n) is 6.45. The Hall–Kier alpha value is -2.32. The summed E-state index contributed by atoms with van der Waals surface area (Å²) in [6.45, 7) is 2.06. The fourth-order valence-electron chi connectivity index (χ4n) is 3.23. The molecule has 1 aromatic carbocycles. The van der Waals surface area contributed by atoms with Crippen LogP contribution in [-0.2, 0) is 9.59 Å². The Balaban J connectivity index is 1.32. The number of thiophene rings is 1. The van der Waals surface area contributed by atoms with Crippen LogP contribution in [0.2, 0.25) is 0 Å². The average Bonchev–Trinajstić information content (AvgIpc) is 3.23. The molecule has 1 fully saturated rings. The molecule has 27 heavy (non-hydrogen) atoms. The third-order valence-corrected chi connectivity index (χ3v) is 6.85. The number of rotatable bonds is 3. The van der Waals surface area contributed by atoms with E-state index in [1.807, 2.05) is 41.8 Å². The van der Waals surface area contributed by atoms with Crippen LogP contribution in [0.3, 0.4) is 0 Å². The topological polar surface area (TPSA) is 69.7 Å². The standard InChI is InChI=1S/C19H19N3O3S2/c23-17(12-16-18(24)20-13-4-1-2-5-14(13)27-16)21-7-9-22(10-8-21)19(25)15-6-3-11-26-15/h1-6,11,16H,7-10,12H2,(H,20,24)/t16-/m0/s1. The summed E-state index contributed by atoms with van der Waals surface area (Å²) < 4.78 is 0. The van der Waals surface area contributed by atoms with Gasteiger partial charge in [-0.05, 0) is 23.6 Å². The van der Waals surface area contributed by atoms with Crippen molar-refractivity contribution in [3.8, 4) is 0 Å². The highest BCUT2D eigenvalue weighted by atomic mass is 32.2. The second kappa shape index (κ2) is 7.74. The van der Waals surface area contributed by atoms with E-state index >= 15 is 0 Å². The first-order valence-corrected chi connectivity index (χ1v) is 10.5. The van der Waals surface area contributed by atoms with Gasteiger partial charge in [-0.25, -0.2) is 0 Å². The summed E-state index contributed by atoms with van der Waals surface area (Å²) in [5.41, 5.74) is 0.803. The molecule has 8 heteroatoms. The lowest BCUT2D eigenvalue weighted by Crippen LogP contribution is -2.51. The van der Waals surface area contributed by atoms with Crippen molar-refractivity contribution in [2.45, 2.75) is 16.6 Å². The molecule has 0 radical (unpaired) electrons. The molecular formula is C19H19N3O3S2. The fourth-order valence-corrected chi connectivity index (χ4v) is 5.02. The van der Waals surface area contributed by atoms with Crippen molar-refractivity contribution in [3.63, 3.8) is 0 Å². The van der Waals surface area contributed by atoms with E-state index in [0.29, 0.717) is 26.2 Å². The minimum Gasteiger partial charge on any atom is -0.339 e. The molecule has 0 bridgehead atoms. The summed E-state index contributed by atoms with van der Waals surface area (Å²) in [4.78, 5) is 42.6. The third-order valence-electron chi connectivity index (χ3n) is 4.72.